The Balaban J connectivity index is 3.03. The number of unbranched alkanes of at least 4 members (excludes halogenated alkanes) is 1. The molecule has 1 nitrogen and oxygen atoms in total. The molecule has 0 aromatic heterocycles. The summed E-state index contributed by atoms with van der Waals surface area (Å²) in [6.07, 6.45) is 5.33. The van der Waals surface area contributed by atoms with Gasteiger partial charge in [-0.25, -0.2) is 0 Å². The van der Waals surface area contributed by atoms with Crippen LogP contribution in [-0.2, 0) is 0 Å². The molecule has 0 unspecified atom stereocenters. The summed E-state index contributed by atoms with van der Waals surface area (Å²) < 4.78 is 0. The predicted molar refractivity (Wildman–Crippen MR) is 88.3 cm³/mol. The van der Waals surface area contributed by atoms with Crippen LogP contribution in [0.5, 0.6) is 0 Å². The standard InChI is InChI=1S/C19H32O/c1-6-8-10-15(5)17-11-16(14(3)4)12-18(13-17)19(20)9-7-2/h11-15,19-20H,6-10H2,1-5H3/t15-,19+/m1/s1. The SMILES string of the molecule is CCCC[C@@H](C)c1cc(C(C)C)cc([C@@H](O)CCC)c1. The second kappa shape index (κ2) is 8.46. The molecule has 0 saturated heterocycles. The van der Waals surface area contributed by atoms with Gasteiger partial charge in [0.05, 0.1) is 6.10 Å². The lowest BCUT2D eigenvalue weighted by Crippen LogP contribution is -2.03. The lowest BCUT2D eigenvalue weighted by atomic mass is 9.88. The zero-order valence-corrected chi connectivity index (χ0v) is 13.9. The summed E-state index contributed by atoms with van der Waals surface area (Å²) in [4.78, 5) is 0. The van der Waals surface area contributed by atoms with Crippen LogP contribution < -0.4 is 0 Å². The summed E-state index contributed by atoms with van der Waals surface area (Å²) in [5.74, 6) is 1.10. The molecule has 1 heteroatoms. The number of aliphatic hydroxyl groups is 1. The molecule has 1 N–H and O–H groups in total. The molecule has 0 aliphatic rings. The molecular weight excluding hydrogens is 244 g/mol. The molecule has 0 aliphatic carbocycles. The third-order valence-corrected chi connectivity index (χ3v) is 4.17. The van der Waals surface area contributed by atoms with Crippen molar-refractivity contribution >= 4 is 0 Å². The van der Waals surface area contributed by atoms with Crippen molar-refractivity contribution in [1.82, 2.24) is 0 Å². The van der Waals surface area contributed by atoms with Crippen molar-refractivity contribution in [2.75, 3.05) is 0 Å². The third-order valence-electron chi connectivity index (χ3n) is 4.17. The van der Waals surface area contributed by atoms with Crippen molar-refractivity contribution in [1.29, 1.82) is 0 Å². The van der Waals surface area contributed by atoms with E-state index in [0.29, 0.717) is 11.8 Å². The summed E-state index contributed by atoms with van der Waals surface area (Å²) >= 11 is 0. The van der Waals surface area contributed by atoms with Crippen molar-refractivity contribution in [2.45, 2.75) is 84.7 Å². The molecule has 0 fully saturated rings. The lowest BCUT2D eigenvalue weighted by molar-refractivity contribution is 0.166. The highest BCUT2D eigenvalue weighted by Crippen LogP contribution is 2.30. The van der Waals surface area contributed by atoms with Gasteiger partial charge in [0.15, 0.2) is 0 Å². The smallest absolute Gasteiger partial charge is 0.0790 e. The minimum atomic E-state index is -0.309. The minimum Gasteiger partial charge on any atom is -0.388 e. The van der Waals surface area contributed by atoms with Crippen molar-refractivity contribution in [3.63, 3.8) is 0 Å². The second-order valence-corrected chi connectivity index (χ2v) is 6.44. The Kier molecular flexibility index (Phi) is 7.29. The van der Waals surface area contributed by atoms with E-state index >= 15 is 0 Å². The van der Waals surface area contributed by atoms with E-state index in [1.165, 1.54) is 30.4 Å². The minimum absolute atomic E-state index is 0.309. The van der Waals surface area contributed by atoms with Gasteiger partial charge in [-0.1, -0.05) is 72.1 Å². The summed E-state index contributed by atoms with van der Waals surface area (Å²) in [7, 11) is 0. The van der Waals surface area contributed by atoms with Crippen LogP contribution in [0.15, 0.2) is 18.2 Å². The maximum absolute atomic E-state index is 10.3. The first-order valence-electron chi connectivity index (χ1n) is 8.32. The monoisotopic (exact) mass is 276 g/mol. The van der Waals surface area contributed by atoms with Gasteiger partial charge in [-0.05, 0) is 41.4 Å². The highest BCUT2D eigenvalue weighted by atomic mass is 16.3. The van der Waals surface area contributed by atoms with Crippen LogP contribution in [0, 0.1) is 0 Å². The van der Waals surface area contributed by atoms with Gasteiger partial charge in [0.1, 0.15) is 0 Å². The molecule has 0 bridgehead atoms. The zero-order chi connectivity index (χ0) is 15.1. The van der Waals surface area contributed by atoms with Crippen molar-refractivity contribution in [3.8, 4) is 0 Å². The Hall–Kier alpha value is -0.820. The van der Waals surface area contributed by atoms with Gasteiger partial charge in [0, 0.05) is 0 Å². The van der Waals surface area contributed by atoms with E-state index in [1.54, 1.807) is 0 Å². The first-order valence-corrected chi connectivity index (χ1v) is 8.32. The molecule has 114 valence electrons. The van der Waals surface area contributed by atoms with Crippen molar-refractivity contribution < 1.29 is 5.11 Å². The van der Waals surface area contributed by atoms with Crippen molar-refractivity contribution in [2.24, 2.45) is 0 Å². The average molecular weight is 276 g/mol. The molecule has 1 rings (SSSR count). The van der Waals surface area contributed by atoms with Crippen LogP contribution in [0.3, 0.4) is 0 Å². The molecule has 0 heterocycles. The van der Waals surface area contributed by atoms with Gasteiger partial charge >= 0.3 is 0 Å². The van der Waals surface area contributed by atoms with E-state index in [1.807, 2.05) is 0 Å². The summed E-state index contributed by atoms with van der Waals surface area (Å²) in [6.45, 7) is 11.1. The Morgan fingerprint density at radius 3 is 2.00 bits per heavy atom. The van der Waals surface area contributed by atoms with E-state index in [9.17, 15) is 5.11 Å². The quantitative estimate of drug-likeness (QED) is 0.623. The van der Waals surface area contributed by atoms with E-state index in [2.05, 4.69) is 52.8 Å². The Morgan fingerprint density at radius 1 is 0.850 bits per heavy atom. The molecule has 1 aromatic rings. The molecule has 0 spiro atoms. The largest absolute Gasteiger partial charge is 0.388 e. The molecule has 0 saturated carbocycles. The third kappa shape index (κ3) is 4.94. The molecule has 1 aromatic carbocycles. The Morgan fingerprint density at radius 2 is 1.45 bits per heavy atom. The normalized spacial score (nSPS) is 14.6. The van der Waals surface area contributed by atoms with E-state index in [0.717, 1.165) is 18.4 Å². The van der Waals surface area contributed by atoms with Crippen molar-refractivity contribution in [3.05, 3.63) is 34.9 Å². The molecule has 2 atom stereocenters. The second-order valence-electron chi connectivity index (χ2n) is 6.44. The number of benzene rings is 1. The van der Waals surface area contributed by atoms with E-state index in [4.69, 9.17) is 0 Å². The topological polar surface area (TPSA) is 20.2 Å². The van der Waals surface area contributed by atoms with Gasteiger partial charge in [-0.2, -0.15) is 0 Å². The fourth-order valence-electron chi connectivity index (χ4n) is 2.63. The van der Waals surface area contributed by atoms with E-state index in [-0.39, 0.29) is 6.10 Å². The number of hydrogen-bond acceptors (Lipinski definition) is 1. The van der Waals surface area contributed by atoms with Gasteiger partial charge < -0.3 is 5.11 Å². The molecule has 0 aliphatic heterocycles. The highest BCUT2D eigenvalue weighted by Gasteiger charge is 2.14. The first-order chi connectivity index (χ1) is 9.49. The molecule has 0 radical (unpaired) electrons. The summed E-state index contributed by atoms with van der Waals surface area (Å²) in [6, 6.07) is 6.76. The lowest BCUT2D eigenvalue weighted by Gasteiger charge is -2.19. The van der Waals surface area contributed by atoms with E-state index < -0.39 is 0 Å². The predicted octanol–water partition coefficient (Wildman–Crippen LogP) is 5.94. The van der Waals surface area contributed by atoms with Gasteiger partial charge in [-0.3, -0.25) is 0 Å². The van der Waals surface area contributed by atoms with Crippen LogP contribution >= 0.6 is 0 Å². The summed E-state index contributed by atoms with van der Waals surface area (Å²) in [5, 5.41) is 10.3. The van der Waals surface area contributed by atoms with Crippen LogP contribution in [0.4, 0.5) is 0 Å². The average Bonchev–Trinajstić information content (AvgIpc) is 2.44. The highest BCUT2D eigenvalue weighted by molar-refractivity contribution is 5.35. The molecule has 20 heavy (non-hydrogen) atoms. The van der Waals surface area contributed by atoms with Crippen LogP contribution in [0.2, 0.25) is 0 Å². The molecule has 0 amide bonds. The summed E-state index contributed by atoms with van der Waals surface area (Å²) in [5.41, 5.74) is 3.86. The number of rotatable bonds is 8. The first kappa shape index (κ1) is 17.2. The maximum Gasteiger partial charge on any atom is 0.0790 e. The zero-order valence-electron chi connectivity index (χ0n) is 13.9. The number of hydrogen-bond donors (Lipinski definition) is 1. The van der Waals surface area contributed by atoms with Crippen LogP contribution in [0.1, 0.15) is 101 Å². The van der Waals surface area contributed by atoms with Gasteiger partial charge in [0.25, 0.3) is 0 Å². The number of aliphatic hydroxyl groups excluding tert-OH is 1. The van der Waals surface area contributed by atoms with Gasteiger partial charge in [0.2, 0.25) is 0 Å². The fourth-order valence-corrected chi connectivity index (χ4v) is 2.63. The van der Waals surface area contributed by atoms with Gasteiger partial charge in [-0.15, -0.1) is 0 Å². The maximum atomic E-state index is 10.3. The Bertz CT molecular complexity index is 395. The van der Waals surface area contributed by atoms with Crippen LogP contribution in [-0.4, -0.2) is 5.11 Å². The molecular formula is C19H32O. The fraction of sp³-hybridized carbons (Fsp3) is 0.684. The Labute approximate surface area is 125 Å². The van der Waals surface area contributed by atoms with Crippen LogP contribution in [0.25, 0.3) is 0 Å².